The molecule has 0 saturated carbocycles. The summed E-state index contributed by atoms with van der Waals surface area (Å²) in [4.78, 5) is 4.07. The van der Waals surface area contributed by atoms with Gasteiger partial charge in [-0.1, -0.05) is 6.07 Å². The van der Waals surface area contributed by atoms with E-state index in [2.05, 4.69) is 15.2 Å². The maximum atomic E-state index is 10.3. The second kappa shape index (κ2) is 7.70. The van der Waals surface area contributed by atoms with Crippen molar-refractivity contribution < 1.29 is 14.3 Å². The van der Waals surface area contributed by atoms with Gasteiger partial charge in [-0.15, -0.1) is 10.2 Å². The molecule has 2 atom stereocenters. The molecule has 6 nitrogen and oxygen atoms in total. The van der Waals surface area contributed by atoms with Crippen molar-refractivity contribution in [1.29, 1.82) is 0 Å². The number of aryl methyl sites for hydroxylation is 1. The topological polar surface area (TPSA) is 81.3 Å². The van der Waals surface area contributed by atoms with Crippen molar-refractivity contribution in [3.63, 3.8) is 0 Å². The van der Waals surface area contributed by atoms with E-state index < -0.39 is 6.10 Å². The molecule has 0 fully saturated rings. The van der Waals surface area contributed by atoms with Crippen LogP contribution < -0.4 is 4.74 Å². The molecule has 0 unspecified atom stereocenters. The van der Waals surface area contributed by atoms with Crippen molar-refractivity contribution >= 4 is 0 Å². The van der Waals surface area contributed by atoms with Gasteiger partial charge in [0.1, 0.15) is 11.9 Å². The molecule has 24 heavy (non-hydrogen) atoms. The van der Waals surface area contributed by atoms with Gasteiger partial charge in [0.15, 0.2) is 0 Å². The lowest BCUT2D eigenvalue weighted by Gasteiger charge is -2.20. The van der Waals surface area contributed by atoms with Gasteiger partial charge in [0.25, 0.3) is 0 Å². The zero-order valence-corrected chi connectivity index (χ0v) is 13.4. The highest BCUT2D eigenvalue weighted by molar-refractivity contribution is 5.53. The van der Waals surface area contributed by atoms with Crippen LogP contribution >= 0.6 is 0 Å². The SMILES string of the molecule is C[C@H](Oc1ccc(-c2nnco2)cc1)[C@H](O)CCc1cccnc1. The van der Waals surface area contributed by atoms with Crippen LogP contribution in [0.3, 0.4) is 0 Å². The van der Waals surface area contributed by atoms with Crippen molar-refractivity contribution in [1.82, 2.24) is 15.2 Å². The third-order valence-corrected chi connectivity index (χ3v) is 3.78. The minimum atomic E-state index is -0.555. The number of benzene rings is 1. The number of hydrogen-bond donors (Lipinski definition) is 1. The molecule has 0 radical (unpaired) electrons. The summed E-state index contributed by atoms with van der Waals surface area (Å²) in [6, 6.07) is 11.2. The Morgan fingerprint density at radius 2 is 2.04 bits per heavy atom. The Labute approximate surface area is 140 Å². The normalized spacial score (nSPS) is 13.4. The first-order valence-electron chi connectivity index (χ1n) is 7.82. The Hall–Kier alpha value is -2.73. The number of aliphatic hydroxyl groups excluding tert-OH is 1. The van der Waals surface area contributed by atoms with Gasteiger partial charge < -0.3 is 14.3 Å². The molecule has 2 aromatic heterocycles. The lowest BCUT2D eigenvalue weighted by molar-refractivity contribution is 0.0420. The summed E-state index contributed by atoms with van der Waals surface area (Å²) in [5.41, 5.74) is 1.93. The summed E-state index contributed by atoms with van der Waals surface area (Å²) in [6.07, 6.45) is 5.36. The molecule has 0 spiro atoms. The molecule has 6 heteroatoms. The number of aliphatic hydroxyl groups is 1. The van der Waals surface area contributed by atoms with Crippen molar-refractivity contribution in [2.75, 3.05) is 0 Å². The van der Waals surface area contributed by atoms with E-state index in [-0.39, 0.29) is 6.10 Å². The van der Waals surface area contributed by atoms with Gasteiger partial charge in [-0.25, -0.2) is 0 Å². The van der Waals surface area contributed by atoms with Crippen LogP contribution in [-0.2, 0) is 6.42 Å². The third kappa shape index (κ3) is 4.17. The maximum Gasteiger partial charge on any atom is 0.247 e. The van der Waals surface area contributed by atoms with Gasteiger partial charge in [0, 0.05) is 18.0 Å². The monoisotopic (exact) mass is 325 g/mol. The Kier molecular flexibility index (Phi) is 5.18. The predicted molar refractivity (Wildman–Crippen MR) is 88.4 cm³/mol. The van der Waals surface area contributed by atoms with Crippen molar-refractivity contribution in [3.8, 4) is 17.2 Å². The molecule has 1 N–H and O–H groups in total. The van der Waals surface area contributed by atoms with Gasteiger partial charge in [-0.2, -0.15) is 0 Å². The summed E-state index contributed by atoms with van der Waals surface area (Å²) >= 11 is 0. The average molecular weight is 325 g/mol. The van der Waals surface area contributed by atoms with Gasteiger partial charge in [-0.05, 0) is 55.7 Å². The Bertz CT molecular complexity index is 730. The fourth-order valence-electron chi connectivity index (χ4n) is 2.36. The molecule has 0 amide bonds. The third-order valence-electron chi connectivity index (χ3n) is 3.78. The van der Waals surface area contributed by atoms with Gasteiger partial charge in [0.2, 0.25) is 12.3 Å². The van der Waals surface area contributed by atoms with E-state index in [1.54, 1.807) is 6.20 Å². The summed E-state index contributed by atoms with van der Waals surface area (Å²) in [7, 11) is 0. The summed E-state index contributed by atoms with van der Waals surface area (Å²) in [6.45, 7) is 1.86. The van der Waals surface area contributed by atoms with E-state index in [1.807, 2.05) is 49.5 Å². The average Bonchev–Trinajstić information content (AvgIpc) is 3.16. The Morgan fingerprint density at radius 3 is 2.71 bits per heavy atom. The Balaban J connectivity index is 1.53. The van der Waals surface area contributed by atoms with Crippen LogP contribution in [0.1, 0.15) is 18.9 Å². The zero-order chi connectivity index (χ0) is 16.8. The molecular formula is C18H19N3O3. The molecule has 1 aromatic carbocycles. The molecule has 3 aromatic rings. The number of pyridine rings is 1. The van der Waals surface area contributed by atoms with Gasteiger partial charge >= 0.3 is 0 Å². The van der Waals surface area contributed by atoms with E-state index >= 15 is 0 Å². The molecular weight excluding hydrogens is 306 g/mol. The highest BCUT2D eigenvalue weighted by atomic mass is 16.5. The number of rotatable bonds is 7. The molecule has 2 heterocycles. The van der Waals surface area contributed by atoms with E-state index in [9.17, 15) is 5.11 Å². The molecule has 0 aliphatic heterocycles. The van der Waals surface area contributed by atoms with E-state index in [0.717, 1.165) is 17.5 Å². The number of ether oxygens (including phenoxy) is 1. The van der Waals surface area contributed by atoms with Crippen molar-refractivity contribution in [2.45, 2.75) is 32.0 Å². The van der Waals surface area contributed by atoms with Crippen molar-refractivity contribution in [2.24, 2.45) is 0 Å². The van der Waals surface area contributed by atoms with Crippen molar-refractivity contribution in [3.05, 3.63) is 60.7 Å². The zero-order valence-electron chi connectivity index (χ0n) is 13.4. The second-order valence-electron chi connectivity index (χ2n) is 5.56. The number of hydrogen-bond acceptors (Lipinski definition) is 6. The number of aromatic nitrogens is 3. The standard InChI is InChI=1S/C18H19N3O3/c1-13(17(22)9-4-14-3-2-10-19-11-14)24-16-7-5-15(6-8-16)18-21-20-12-23-18/h2-3,5-8,10-13,17,22H,4,9H2,1H3/t13-,17+/m0/s1. The molecule has 3 rings (SSSR count). The van der Waals surface area contributed by atoms with Crippen LogP contribution in [0.15, 0.2) is 59.6 Å². The van der Waals surface area contributed by atoms with Crippen LogP contribution in [0.25, 0.3) is 11.5 Å². The smallest absolute Gasteiger partial charge is 0.247 e. The molecule has 0 saturated heterocycles. The van der Waals surface area contributed by atoms with E-state index in [1.165, 1.54) is 6.39 Å². The lowest BCUT2D eigenvalue weighted by atomic mass is 10.1. The minimum Gasteiger partial charge on any atom is -0.488 e. The lowest BCUT2D eigenvalue weighted by Crippen LogP contribution is -2.29. The first-order chi connectivity index (χ1) is 11.7. The second-order valence-corrected chi connectivity index (χ2v) is 5.56. The molecule has 124 valence electrons. The summed E-state index contributed by atoms with van der Waals surface area (Å²) in [5.74, 6) is 1.15. The largest absolute Gasteiger partial charge is 0.488 e. The van der Waals surface area contributed by atoms with Crippen LogP contribution in [-0.4, -0.2) is 32.5 Å². The van der Waals surface area contributed by atoms with Crippen LogP contribution in [0.2, 0.25) is 0 Å². The first-order valence-corrected chi connectivity index (χ1v) is 7.82. The predicted octanol–water partition coefficient (Wildman–Crippen LogP) is 2.89. The minimum absolute atomic E-state index is 0.309. The van der Waals surface area contributed by atoms with E-state index in [4.69, 9.17) is 9.15 Å². The number of nitrogens with zero attached hydrogens (tertiary/aromatic N) is 3. The van der Waals surface area contributed by atoms with E-state index in [0.29, 0.717) is 18.1 Å². The highest BCUT2D eigenvalue weighted by Gasteiger charge is 2.16. The quantitative estimate of drug-likeness (QED) is 0.719. The van der Waals surface area contributed by atoms with Crippen LogP contribution in [0.4, 0.5) is 0 Å². The summed E-state index contributed by atoms with van der Waals surface area (Å²) in [5, 5.41) is 17.8. The fourth-order valence-corrected chi connectivity index (χ4v) is 2.36. The molecule has 0 aliphatic carbocycles. The molecule has 0 aliphatic rings. The van der Waals surface area contributed by atoms with Crippen LogP contribution in [0, 0.1) is 0 Å². The van der Waals surface area contributed by atoms with Gasteiger partial charge in [-0.3, -0.25) is 4.98 Å². The van der Waals surface area contributed by atoms with Crippen LogP contribution in [0.5, 0.6) is 5.75 Å². The van der Waals surface area contributed by atoms with Gasteiger partial charge in [0.05, 0.1) is 6.10 Å². The first kappa shape index (κ1) is 16.1. The fraction of sp³-hybridized carbons (Fsp3) is 0.278. The maximum absolute atomic E-state index is 10.3. The summed E-state index contributed by atoms with van der Waals surface area (Å²) < 4.78 is 10.9. The Morgan fingerprint density at radius 1 is 1.21 bits per heavy atom. The molecule has 0 bridgehead atoms. The highest BCUT2D eigenvalue weighted by Crippen LogP contribution is 2.21.